The molecule has 3 aromatic rings. The number of carboxylic acid groups (broad SMARTS) is 1. The Kier molecular flexibility index (Phi) is 7.76. The number of alkyl halides is 3. The molecule has 0 atom stereocenters. The second-order valence-corrected chi connectivity index (χ2v) is 10.3. The van der Waals surface area contributed by atoms with Gasteiger partial charge in [0.1, 0.15) is 11.4 Å². The molecule has 198 valence electrons. The number of furan rings is 1. The third-order valence-corrected chi connectivity index (χ3v) is 5.72. The highest BCUT2D eigenvalue weighted by Gasteiger charge is 2.35. The summed E-state index contributed by atoms with van der Waals surface area (Å²) in [6.07, 6.45) is -5.31. The number of amides is 1. The van der Waals surface area contributed by atoms with E-state index >= 15 is 0 Å². The van der Waals surface area contributed by atoms with Crippen molar-refractivity contribution < 1.29 is 37.0 Å². The maximum Gasteiger partial charge on any atom is 0.449 e. The van der Waals surface area contributed by atoms with E-state index in [-0.39, 0.29) is 18.8 Å². The molecular formula is C28H30F3NO5. The molecule has 1 amide bonds. The molecule has 6 nitrogen and oxygen atoms in total. The summed E-state index contributed by atoms with van der Waals surface area (Å²) >= 11 is 0. The van der Waals surface area contributed by atoms with Crippen LogP contribution in [0.1, 0.15) is 57.3 Å². The first-order valence-corrected chi connectivity index (χ1v) is 11.6. The summed E-state index contributed by atoms with van der Waals surface area (Å²) in [5.41, 5.74) is 1.21. The second kappa shape index (κ2) is 10.3. The number of halogens is 3. The van der Waals surface area contributed by atoms with Crippen molar-refractivity contribution in [2.24, 2.45) is 0 Å². The largest absolute Gasteiger partial charge is 0.481 e. The number of hydrogen-bond donors (Lipinski definition) is 1. The van der Waals surface area contributed by atoms with Gasteiger partial charge in [0.25, 0.3) is 0 Å². The Morgan fingerprint density at radius 1 is 0.892 bits per heavy atom. The lowest BCUT2D eigenvalue weighted by molar-refractivity contribution is -0.153. The molecular weight excluding hydrogens is 487 g/mol. The number of benzene rings is 2. The number of carbonyl (C=O) groups excluding carboxylic acids is 1. The van der Waals surface area contributed by atoms with Gasteiger partial charge in [0.05, 0.1) is 12.0 Å². The van der Waals surface area contributed by atoms with Crippen LogP contribution in [-0.4, -0.2) is 27.7 Å². The Bertz CT molecular complexity index is 1250. The van der Waals surface area contributed by atoms with E-state index in [1.807, 2.05) is 24.3 Å². The summed E-state index contributed by atoms with van der Waals surface area (Å²) in [6, 6.07) is 16.6. The van der Waals surface area contributed by atoms with Crippen LogP contribution in [-0.2, 0) is 34.2 Å². The summed E-state index contributed by atoms with van der Waals surface area (Å²) < 4.78 is 49.2. The Hall–Kier alpha value is -3.75. The molecule has 3 rings (SSSR count). The normalized spacial score (nSPS) is 12.3. The summed E-state index contributed by atoms with van der Waals surface area (Å²) in [5, 5.41) is 9.53. The average Bonchev–Trinajstić information content (AvgIpc) is 3.27. The molecule has 1 N–H and O–H groups in total. The Morgan fingerprint density at radius 2 is 1.54 bits per heavy atom. The molecule has 0 spiro atoms. The Labute approximate surface area is 213 Å². The topological polar surface area (TPSA) is 80.0 Å². The monoisotopic (exact) mass is 517 g/mol. The fraction of sp³-hybridized carbons (Fsp3) is 0.357. The number of carbonyl (C=O) groups is 2. The van der Waals surface area contributed by atoms with Crippen LogP contribution >= 0.6 is 0 Å². The van der Waals surface area contributed by atoms with E-state index < -0.39 is 35.0 Å². The van der Waals surface area contributed by atoms with Gasteiger partial charge < -0.3 is 14.3 Å². The third kappa shape index (κ3) is 7.15. The lowest BCUT2D eigenvalue weighted by atomic mass is 9.83. The third-order valence-electron chi connectivity index (χ3n) is 5.72. The maximum absolute atomic E-state index is 12.9. The van der Waals surface area contributed by atoms with Crippen molar-refractivity contribution in [3.8, 4) is 11.1 Å². The first-order valence-electron chi connectivity index (χ1n) is 11.6. The fourth-order valence-electron chi connectivity index (χ4n) is 3.55. The SMILES string of the molecule is CC(C)(C)OC(=O)N(Cc1ccc(-c2cccc(C(C)(C)C(=O)O)c2)cc1)Cc1ccc(C(F)(F)F)o1. The van der Waals surface area contributed by atoms with Gasteiger partial charge in [0.2, 0.25) is 5.76 Å². The first kappa shape index (κ1) is 27.8. The predicted molar refractivity (Wildman–Crippen MR) is 132 cm³/mol. The van der Waals surface area contributed by atoms with Gasteiger partial charge in [-0.3, -0.25) is 9.69 Å². The molecule has 0 bridgehead atoms. The predicted octanol–water partition coefficient (Wildman–Crippen LogP) is 7.26. The summed E-state index contributed by atoms with van der Waals surface area (Å²) in [4.78, 5) is 25.7. The van der Waals surface area contributed by atoms with E-state index in [0.29, 0.717) is 5.56 Å². The number of hydrogen-bond acceptors (Lipinski definition) is 4. The van der Waals surface area contributed by atoms with Gasteiger partial charge in [-0.1, -0.05) is 48.5 Å². The molecule has 0 aliphatic heterocycles. The summed E-state index contributed by atoms with van der Waals surface area (Å²) in [6.45, 7) is 8.24. The highest BCUT2D eigenvalue weighted by Crippen LogP contribution is 2.32. The van der Waals surface area contributed by atoms with Crippen molar-refractivity contribution in [1.82, 2.24) is 4.90 Å². The minimum atomic E-state index is -4.62. The zero-order valence-corrected chi connectivity index (χ0v) is 21.3. The van der Waals surface area contributed by atoms with Crippen molar-refractivity contribution in [1.29, 1.82) is 0 Å². The molecule has 0 fully saturated rings. The van der Waals surface area contributed by atoms with Gasteiger partial charge in [0, 0.05) is 6.54 Å². The minimum Gasteiger partial charge on any atom is -0.481 e. The molecule has 0 aliphatic rings. The smallest absolute Gasteiger partial charge is 0.449 e. The second-order valence-electron chi connectivity index (χ2n) is 10.3. The van der Waals surface area contributed by atoms with Crippen LogP contribution in [0.2, 0.25) is 0 Å². The van der Waals surface area contributed by atoms with Crippen LogP contribution in [0.4, 0.5) is 18.0 Å². The van der Waals surface area contributed by atoms with Gasteiger partial charge in [0.15, 0.2) is 0 Å². The number of rotatable bonds is 7. The van der Waals surface area contributed by atoms with Crippen LogP contribution in [0.25, 0.3) is 11.1 Å². The van der Waals surface area contributed by atoms with Crippen molar-refractivity contribution in [2.75, 3.05) is 0 Å². The number of carboxylic acids is 1. The van der Waals surface area contributed by atoms with E-state index in [9.17, 15) is 27.9 Å². The van der Waals surface area contributed by atoms with Crippen molar-refractivity contribution in [3.05, 3.63) is 83.3 Å². The van der Waals surface area contributed by atoms with Crippen molar-refractivity contribution in [2.45, 2.75) is 64.9 Å². The molecule has 2 aromatic carbocycles. The van der Waals surface area contributed by atoms with Crippen molar-refractivity contribution in [3.63, 3.8) is 0 Å². The molecule has 9 heteroatoms. The lowest BCUT2D eigenvalue weighted by Crippen LogP contribution is -2.36. The summed E-state index contributed by atoms with van der Waals surface area (Å²) in [7, 11) is 0. The van der Waals surface area contributed by atoms with Gasteiger partial charge in [-0.15, -0.1) is 0 Å². The van der Waals surface area contributed by atoms with Crippen LogP contribution in [0, 0.1) is 0 Å². The Balaban J connectivity index is 1.83. The quantitative estimate of drug-likeness (QED) is 0.357. The number of nitrogens with zero attached hydrogens (tertiary/aromatic N) is 1. The highest BCUT2D eigenvalue weighted by molar-refractivity contribution is 5.81. The molecule has 1 heterocycles. The lowest BCUT2D eigenvalue weighted by Gasteiger charge is -2.27. The van der Waals surface area contributed by atoms with E-state index in [2.05, 4.69) is 0 Å². The zero-order chi connectivity index (χ0) is 27.6. The molecule has 0 aliphatic carbocycles. The van der Waals surface area contributed by atoms with Crippen LogP contribution in [0.15, 0.2) is 65.1 Å². The first-order chi connectivity index (χ1) is 17.1. The van der Waals surface area contributed by atoms with E-state index in [1.54, 1.807) is 58.9 Å². The van der Waals surface area contributed by atoms with Gasteiger partial charge >= 0.3 is 18.2 Å². The van der Waals surface area contributed by atoms with Gasteiger partial charge in [-0.2, -0.15) is 13.2 Å². The van der Waals surface area contributed by atoms with Crippen LogP contribution in [0.5, 0.6) is 0 Å². The zero-order valence-electron chi connectivity index (χ0n) is 21.3. The minimum absolute atomic E-state index is 0.0207. The Morgan fingerprint density at radius 3 is 2.08 bits per heavy atom. The van der Waals surface area contributed by atoms with Crippen LogP contribution in [0.3, 0.4) is 0 Å². The van der Waals surface area contributed by atoms with Crippen molar-refractivity contribution >= 4 is 12.1 Å². The molecule has 0 saturated heterocycles. The fourth-order valence-corrected chi connectivity index (χ4v) is 3.55. The van der Waals surface area contributed by atoms with E-state index in [1.165, 1.54) is 11.0 Å². The molecule has 37 heavy (non-hydrogen) atoms. The van der Waals surface area contributed by atoms with Crippen LogP contribution < -0.4 is 0 Å². The average molecular weight is 518 g/mol. The molecule has 0 saturated carbocycles. The molecule has 0 radical (unpaired) electrons. The standard InChI is InChI=1S/C28H30F3NO5/c1-26(2,3)37-25(35)32(17-22-13-14-23(36-22)28(29,30)31)16-18-9-11-19(12-10-18)20-7-6-8-21(15-20)27(4,5)24(33)34/h6-15H,16-17H2,1-5H3,(H,33,34). The molecule has 0 unspecified atom stereocenters. The van der Waals surface area contributed by atoms with Gasteiger partial charge in [-0.25, -0.2) is 4.79 Å². The summed E-state index contributed by atoms with van der Waals surface area (Å²) in [5.74, 6) is -2.09. The number of aliphatic carboxylic acids is 1. The number of ether oxygens (including phenoxy) is 1. The van der Waals surface area contributed by atoms with E-state index in [4.69, 9.17) is 9.15 Å². The van der Waals surface area contributed by atoms with E-state index in [0.717, 1.165) is 22.8 Å². The maximum atomic E-state index is 12.9. The van der Waals surface area contributed by atoms with Gasteiger partial charge in [-0.05, 0) is 69.0 Å². The highest BCUT2D eigenvalue weighted by atomic mass is 19.4. The molecule has 1 aromatic heterocycles.